The van der Waals surface area contributed by atoms with Crippen LogP contribution in [0.25, 0.3) is 17.2 Å². The number of nitrogens with zero attached hydrogens (tertiary/aromatic N) is 1. The lowest BCUT2D eigenvalue weighted by Gasteiger charge is -2.02. The molecular weight excluding hydrogens is 328 g/mol. The van der Waals surface area contributed by atoms with Crippen LogP contribution in [0.1, 0.15) is 31.2 Å². The van der Waals surface area contributed by atoms with Crippen molar-refractivity contribution >= 4 is 28.9 Å². The number of amidine groups is 1. The van der Waals surface area contributed by atoms with Gasteiger partial charge in [-0.2, -0.15) is 0 Å². The van der Waals surface area contributed by atoms with E-state index < -0.39 is 0 Å². The van der Waals surface area contributed by atoms with Gasteiger partial charge >= 0.3 is 0 Å². The summed E-state index contributed by atoms with van der Waals surface area (Å²) in [6, 6.07) is 18.9. The lowest BCUT2D eigenvalue weighted by molar-refractivity contribution is -0.115. The molecule has 0 aromatic heterocycles. The van der Waals surface area contributed by atoms with Gasteiger partial charge in [0, 0.05) is 0 Å². The highest BCUT2D eigenvalue weighted by Gasteiger charge is 2.25. The molecule has 0 unspecified atom stereocenters. The standard InChI is InChI=1S/C21H20N2OS/c24-20-19(25-21(23-20)22-18-8-4-5-9-18)14-15-10-12-17(13-11-15)16-6-2-1-3-7-16/h1-3,6-7,10-14,18H,4-5,8-9H2,(H,22,23,24). The van der Waals surface area contributed by atoms with Crippen molar-refractivity contribution in [1.82, 2.24) is 5.32 Å². The SMILES string of the molecule is O=C1NC(=NC2CCCC2)SC1=Cc1ccc(-c2ccccc2)cc1. The van der Waals surface area contributed by atoms with Gasteiger partial charge in [-0.1, -0.05) is 67.4 Å². The zero-order chi connectivity index (χ0) is 17.1. The van der Waals surface area contributed by atoms with Crippen LogP contribution in [-0.4, -0.2) is 17.1 Å². The van der Waals surface area contributed by atoms with Crippen LogP contribution in [0.15, 0.2) is 64.5 Å². The molecule has 3 nitrogen and oxygen atoms in total. The third kappa shape index (κ3) is 3.85. The van der Waals surface area contributed by atoms with Gasteiger partial charge in [0.1, 0.15) is 0 Å². The smallest absolute Gasteiger partial charge is 0.264 e. The number of hydrogen-bond donors (Lipinski definition) is 1. The van der Waals surface area contributed by atoms with E-state index in [0.29, 0.717) is 10.9 Å². The fourth-order valence-corrected chi connectivity index (χ4v) is 4.13. The average molecular weight is 348 g/mol. The molecule has 1 N–H and O–H groups in total. The second-order valence-electron chi connectivity index (χ2n) is 6.43. The van der Waals surface area contributed by atoms with Gasteiger partial charge in [0.25, 0.3) is 5.91 Å². The number of benzene rings is 2. The molecule has 0 spiro atoms. The highest BCUT2D eigenvalue weighted by molar-refractivity contribution is 8.18. The Morgan fingerprint density at radius 2 is 1.64 bits per heavy atom. The third-order valence-corrected chi connectivity index (χ3v) is 5.51. The molecule has 0 bridgehead atoms. The zero-order valence-electron chi connectivity index (χ0n) is 13.9. The summed E-state index contributed by atoms with van der Waals surface area (Å²) in [4.78, 5) is 17.6. The Bertz CT molecular complexity index is 819. The van der Waals surface area contributed by atoms with Gasteiger partial charge in [0.05, 0.1) is 10.9 Å². The first-order valence-electron chi connectivity index (χ1n) is 8.72. The first kappa shape index (κ1) is 16.2. The number of rotatable bonds is 3. The summed E-state index contributed by atoms with van der Waals surface area (Å²) >= 11 is 1.45. The molecule has 1 heterocycles. The van der Waals surface area contributed by atoms with Crippen LogP contribution in [0, 0.1) is 0 Å². The average Bonchev–Trinajstić information content (AvgIpc) is 3.27. The molecule has 2 aromatic rings. The molecule has 0 radical (unpaired) electrons. The number of amides is 1. The predicted molar refractivity (Wildman–Crippen MR) is 105 cm³/mol. The van der Waals surface area contributed by atoms with E-state index in [2.05, 4.69) is 46.7 Å². The monoisotopic (exact) mass is 348 g/mol. The summed E-state index contributed by atoms with van der Waals surface area (Å²) in [5.41, 5.74) is 3.40. The summed E-state index contributed by atoms with van der Waals surface area (Å²) in [5.74, 6) is -0.0473. The molecule has 4 rings (SSSR count). The number of nitrogens with one attached hydrogen (secondary N) is 1. The Morgan fingerprint density at radius 3 is 2.36 bits per heavy atom. The number of aliphatic imine (C=N–C) groups is 1. The van der Waals surface area contributed by atoms with E-state index in [1.165, 1.54) is 35.7 Å². The van der Waals surface area contributed by atoms with Gasteiger partial charge in [0.15, 0.2) is 5.17 Å². The Balaban J connectivity index is 1.49. The minimum atomic E-state index is -0.0473. The second kappa shape index (κ2) is 7.28. The van der Waals surface area contributed by atoms with Crippen LogP contribution in [0.2, 0.25) is 0 Å². The second-order valence-corrected chi connectivity index (χ2v) is 7.46. The van der Waals surface area contributed by atoms with E-state index in [-0.39, 0.29) is 5.91 Å². The van der Waals surface area contributed by atoms with Gasteiger partial charge in [0.2, 0.25) is 0 Å². The molecule has 1 saturated carbocycles. The van der Waals surface area contributed by atoms with Crippen LogP contribution in [0.4, 0.5) is 0 Å². The van der Waals surface area contributed by atoms with Gasteiger partial charge < -0.3 is 5.32 Å². The van der Waals surface area contributed by atoms with E-state index >= 15 is 0 Å². The summed E-state index contributed by atoms with van der Waals surface area (Å²) in [7, 11) is 0. The maximum Gasteiger partial charge on any atom is 0.264 e. The minimum absolute atomic E-state index is 0.0473. The number of carbonyl (C=O) groups is 1. The van der Waals surface area contributed by atoms with Crippen LogP contribution < -0.4 is 5.32 Å². The topological polar surface area (TPSA) is 41.5 Å². The van der Waals surface area contributed by atoms with E-state index in [1.54, 1.807) is 0 Å². The highest BCUT2D eigenvalue weighted by Crippen LogP contribution is 2.29. The summed E-state index contributed by atoms with van der Waals surface area (Å²) in [5, 5.41) is 3.65. The fraction of sp³-hybridized carbons (Fsp3) is 0.238. The molecule has 2 aliphatic rings. The van der Waals surface area contributed by atoms with Crippen molar-refractivity contribution in [3.63, 3.8) is 0 Å². The van der Waals surface area contributed by atoms with Crippen molar-refractivity contribution in [1.29, 1.82) is 0 Å². The first-order valence-corrected chi connectivity index (χ1v) is 9.54. The largest absolute Gasteiger partial charge is 0.301 e. The quantitative estimate of drug-likeness (QED) is 0.805. The summed E-state index contributed by atoms with van der Waals surface area (Å²) in [6.07, 6.45) is 6.71. The molecule has 1 aliphatic carbocycles. The van der Waals surface area contributed by atoms with Crippen molar-refractivity contribution in [2.45, 2.75) is 31.7 Å². The molecule has 2 aromatic carbocycles. The fourth-order valence-electron chi connectivity index (χ4n) is 3.24. The molecule has 1 amide bonds. The van der Waals surface area contributed by atoms with E-state index in [0.717, 1.165) is 23.6 Å². The third-order valence-electron chi connectivity index (χ3n) is 4.59. The lowest BCUT2D eigenvalue weighted by atomic mass is 10.0. The van der Waals surface area contributed by atoms with Crippen LogP contribution in [-0.2, 0) is 4.79 Å². The van der Waals surface area contributed by atoms with E-state index in [9.17, 15) is 4.79 Å². The van der Waals surface area contributed by atoms with Crippen molar-refractivity contribution in [2.75, 3.05) is 0 Å². The number of hydrogen-bond acceptors (Lipinski definition) is 3. The lowest BCUT2D eigenvalue weighted by Crippen LogP contribution is -2.21. The normalized spacial score (nSPS) is 21.2. The first-order chi connectivity index (χ1) is 12.3. The number of thioether (sulfide) groups is 1. The molecule has 1 saturated heterocycles. The van der Waals surface area contributed by atoms with Crippen molar-refractivity contribution < 1.29 is 4.79 Å². The van der Waals surface area contributed by atoms with Crippen molar-refractivity contribution in [3.05, 3.63) is 65.1 Å². The molecule has 126 valence electrons. The molecule has 2 fully saturated rings. The van der Waals surface area contributed by atoms with Crippen molar-refractivity contribution in [2.24, 2.45) is 4.99 Å². The van der Waals surface area contributed by atoms with Crippen molar-refractivity contribution in [3.8, 4) is 11.1 Å². The zero-order valence-corrected chi connectivity index (χ0v) is 14.8. The maximum atomic E-state index is 12.2. The van der Waals surface area contributed by atoms with Gasteiger partial charge in [-0.05, 0) is 47.4 Å². The van der Waals surface area contributed by atoms with Gasteiger partial charge in [-0.3, -0.25) is 9.79 Å². The van der Waals surface area contributed by atoms with E-state index in [1.807, 2.05) is 24.3 Å². The Kier molecular flexibility index (Phi) is 4.70. The van der Waals surface area contributed by atoms with Crippen LogP contribution >= 0.6 is 11.8 Å². The number of carbonyl (C=O) groups excluding carboxylic acids is 1. The molecule has 25 heavy (non-hydrogen) atoms. The minimum Gasteiger partial charge on any atom is -0.301 e. The Labute approximate surface area is 152 Å². The summed E-state index contributed by atoms with van der Waals surface area (Å²) in [6.45, 7) is 0. The molecule has 0 atom stereocenters. The van der Waals surface area contributed by atoms with E-state index in [4.69, 9.17) is 0 Å². The molecule has 4 heteroatoms. The van der Waals surface area contributed by atoms with Crippen LogP contribution in [0.3, 0.4) is 0 Å². The van der Waals surface area contributed by atoms with Crippen LogP contribution in [0.5, 0.6) is 0 Å². The molecule has 1 aliphatic heterocycles. The summed E-state index contributed by atoms with van der Waals surface area (Å²) < 4.78 is 0. The van der Waals surface area contributed by atoms with Gasteiger partial charge in [-0.25, -0.2) is 0 Å². The molecular formula is C21H20N2OS. The highest BCUT2D eigenvalue weighted by atomic mass is 32.2. The Morgan fingerprint density at radius 1 is 0.960 bits per heavy atom. The predicted octanol–water partition coefficient (Wildman–Crippen LogP) is 4.86. The Hall–Kier alpha value is -2.33. The maximum absolute atomic E-state index is 12.2. The van der Waals surface area contributed by atoms with Gasteiger partial charge in [-0.15, -0.1) is 0 Å².